The molecule has 5 rings (SSSR count). The first-order valence-electron chi connectivity index (χ1n) is 15.1. The smallest absolute Gasteiger partial charge is 0.413 e. The Kier molecular flexibility index (Phi) is 12.8. The van der Waals surface area contributed by atoms with Crippen LogP contribution in [0.4, 0.5) is 37.7 Å². The van der Waals surface area contributed by atoms with E-state index in [2.05, 4.69) is 24.6 Å². The average Bonchev–Trinajstić information content (AvgIpc) is 3.64. The average molecular weight is 815 g/mol. The van der Waals surface area contributed by atoms with Crippen LogP contribution in [0.3, 0.4) is 0 Å². The molecule has 0 saturated heterocycles. The van der Waals surface area contributed by atoms with Gasteiger partial charge in [-0.15, -0.1) is 10.2 Å². The van der Waals surface area contributed by atoms with E-state index in [1.807, 2.05) is 0 Å². The number of anilines is 2. The molecule has 5 aromatic rings. The molecule has 0 atom stereocenters. The normalized spacial score (nSPS) is 11.9. The third-order valence-corrected chi connectivity index (χ3v) is 9.23. The molecule has 23 heteroatoms. The van der Waals surface area contributed by atoms with Gasteiger partial charge in [0, 0.05) is 23.5 Å². The van der Waals surface area contributed by atoms with Crippen LogP contribution in [0.1, 0.15) is 27.4 Å². The van der Waals surface area contributed by atoms with Crippen molar-refractivity contribution in [2.24, 2.45) is 0 Å². The molecular weight excluding hydrogens is 787 g/mol. The van der Waals surface area contributed by atoms with Crippen LogP contribution in [0.25, 0.3) is 11.5 Å². The Labute approximate surface area is 309 Å². The second kappa shape index (κ2) is 16.9. The Hall–Kier alpha value is -6.10. The highest BCUT2D eigenvalue weighted by Crippen LogP contribution is 2.30. The first-order valence-corrected chi connectivity index (χ1v) is 18.8. The number of alkyl halides is 6. The van der Waals surface area contributed by atoms with Crippen LogP contribution in [0, 0.1) is 0 Å². The van der Waals surface area contributed by atoms with Gasteiger partial charge in [0.2, 0.25) is 25.9 Å². The molecule has 2 N–H and O–H groups in total. The summed E-state index contributed by atoms with van der Waals surface area (Å²) in [5, 5.41) is 6.35. The molecule has 0 aliphatic heterocycles. The number of pyridine rings is 2. The van der Waals surface area contributed by atoms with Crippen LogP contribution in [0.15, 0.2) is 102 Å². The third kappa shape index (κ3) is 11.9. The lowest BCUT2D eigenvalue weighted by Crippen LogP contribution is -2.47. The first-order chi connectivity index (χ1) is 25.6. The lowest BCUT2D eigenvalue weighted by Gasteiger charge is -2.22. The van der Waals surface area contributed by atoms with Crippen LogP contribution in [0.2, 0.25) is 0 Å². The van der Waals surface area contributed by atoms with Gasteiger partial charge in [-0.2, -0.15) is 26.3 Å². The summed E-state index contributed by atoms with van der Waals surface area (Å²) >= 11 is 0. The van der Waals surface area contributed by atoms with E-state index in [4.69, 9.17) is 0 Å². The van der Waals surface area contributed by atoms with Gasteiger partial charge < -0.3 is 4.42 Å². The molecular formula is C32H28F6N8O7S2. The summed E-state index contributed by atoms with van der Waals surface area (Å²) in [5.41, 5.74) is 5.03. The molecule has 3 heterocycles. The van der Waals surface area contributed by atoms with Gasteiger partial charge >= 0.3 is 24.2 Å². The number of rotatable bonds is 10. The number of carbonyl (C=O) groups excluding carboxylic acids is 2. The SMILES string of the molecule is CS(=O)(=O)N(Cc1ccc(-c2nnc(C(F)(F)F)o2)cc1)c1cccnc1.CS(=O)(=O)N(Cc1ccc(C(=O)NNC(=O)C(F)(F)F)cc1)c1cccnc1. The topological polar surface area (TPSA) is 198 Å². The standard InChI is InChI=1S/C16H15F3N4O4S.C16H13F3N4O3S/c1-28(26,27)23(13-3-2-8-20-9-13)10-11-4-6-12(7-5-11)14(24)21-22-15(25)16(17,18)19;1-27(24,25)23(13-3-2-8-20-9-13)10-11-4-6-12(7-5-11)14-21-22-15(26-14)16(17,18)19/h2-9H,10H2,1H3,(H,21,24)(H,22,25);2-9H,10H2,1H3. The van der Waals surface area contributed by atoms with Crippen molar-refractivity contribution in [1.29, 1.82) is 0 Å². The van der Waals surface area contributed by atoms with Crippen molar-refractivity contribution in [1.82, 2.24) is 31.0 Å². The van der Waals surface area contributed by atoms with E-state index in [0.717, 1.165) is 16.8 Å². The molecule has 3 aromatic heterocycles. The maximum absolute atomic E-state index is 12.5. The number of halogens is 6. The number of hydrazine groups is 1. The maximum atomic E-state index is 12.5. The van der Waals surface area contributed by atoms with Gasteiger partial charge in [-0.1, -0.05) is 24.3 Å². The predicted octanol–water partition coefficient (Wildman–Crippen LogP) is 4.49. The zero-order chi connectivity index (χ0) is 40.6. The van der Waals surface area contributed by atoms with Crippen LogP contribution < -0.4 is 19.5 Å². The Bertz CT molecular complexity index is 2300. The summed E-state index contributed by atoms with van der Waals surface area (Å²) in [6, 6.07) is 17.9. The zero-order valence-corrected chi connectivity index (χ0v) is 29.9. The van der Waals surface area contributed by atoms with E-state index >= 15 is 0 Å². The van der Waals surface area contributed by atoms with E-state index in [1.165, 1.54) is 70.9 Å². The largest absolute Gasteiger partial charge is 0.472 e. The lowest BCUT2D eigenvalue weighted by molar-refractivity contribution is -0.174. The summed E-state index contributed by atoms with van der Waals surface area (Å²) in [6.45, 7) is -0.0142. The molecule has 0 spiro atoms. The molecule has 0 bridgehead atoms. The molecule has 15 nitrogen and oxygen atoms in total. The van der Waals surface area contributed by atoms with Gasteiger partial charge in [0.25, 0.3) is 5.91 Å². The first kappa shape index (κ1) is 41.7. The molecule has 0 saturated carbocycles. The fourth-order valence-corrected chi connectivity index (χ4v) is 6.11. The molecule has 0 aliphatic carbocycles. The number of nitrogens with one attached hydrogen (secondary N) is 2. The summed E-state index contributed by atoms with van der Waals surface area (Å²) in [6.07, 6.45) is -1.91. The highest BCUT2D eigenvalue weighted by atomic mass is 32.2. The zero-order valence-electron chi connectivity index (χ0n) is 28.3. The molecule has 2 amide bonds. The van der Waals surface area contributed by atoms with Crippen molar-refractivity contribution in [2.45, 2.75) is 25.4 Å². The molecule has 0 radical (unpaired) electrons. The van der Waals surface area contributed by atoms with E-state index in [9.17, 15) is 52.8 Å². The second-order valence-electron chi connectivity index (χ2n) is 11.2. The predicted molar refractivity (Wildman–Crippen MR) is 183 cm³/mol. The van der Waals surface area contributed by atoms with E-state index in [-0.39, 0.29) is 30.1 Å². The van der Waals surface area contributed by atoms with E-state index < -0.39 is 50.1 Å². The van der Waals surface area contributed by atoms with Crippen LogP contribution in [-0.4, -0.2) is 67.5 Å². The molecule has 0 fully saturated rings. The number of hydrogen-bond donors (Lipinski definition) is 2. The Balaban J connectivity index is 0.000000245. The lowest BCUT2D eigenvalue weighted by atomic mass is 10.1. The monoisotopic (exact) mass is 814 g/mol. The van der Waals surface area contributed by atoms with Crippen molar-refractivity contribution in [2.75, 3.05) is 21.1 Å². The molecule has 0 aliphatic rings. The number of hydrogen-bond acceptors (Lipinski definition) is 11. The van der Waals surface area contributed by atoms with Crippen molar-refractivity contribution < 1.29 is 57.2 Å². The highest BCUT2D eigenvalue weighted by molar-refractivity contribution is 7.92. The molecule has 292 valence electrons. The number of carbonyl (C=O) groups is 2. The summed E-state index contributed by atoms with van der Waals surface area (Å²) in [7, 11) is -7.18. The number of aromatic nitrogens is 4. The van der Waals surface area contributed by atoms with Gasteiger partial charge in [0.05, 0.1) is 49.4 Å². The Morgan fingerprint density at radius 2 is 1.16 bits per heavy atom. The van der Waals surface area contributed by atoms with E-state index in [1.54, 1.807) is 41.8 Å². The number of sulfonamides is 2. The van der Waals surface area contributed by atoms with Crippen molar-refractivity contribution in [3.05, 3.63) is 120 Å². The second-order valence-corrected chi connectivity index (χ2v) is 15.0. The maximum Gasteiger partial charge on any atom is 0.472 e. The van der Waals surface area contributed by atoms with Crippen molar-refractivity contribution in [3.63, 3.8) is 0 Å². The Morgan fingerprint density at radius 3 is 1.55 bits per heavy atom. The van der Waals surface area contributed by atoms with Crippen molar-refractivity contribution in [3.8, 4) is 11.5 Å². The number of benzene rings is 2. The highest BCUT2D eigenvalue weighted by Gasteiger charge is 2.39. The minimum atomic E-state index is -5.13. The molecule has 2 aromatic carbocycles. The molecule has 0 unspecified atom stereocenters. The summed E-state index contributed by atoms with van der Waals surface area (Å²) in [4.78, 5) is 30.3. The quantitative estimate of drug-likeness (QED) is 0.149. The van der Waals surface area contributed by atoms with Gasteiger partial charge in [-0.3, -0.25) is 39.0 Å². The summed E-state index contributed by atoms with van der Waals surface area (Å²) < 4.78 is 129. The third-order valence-electron chi connectivity index (χ3n) is 6.95. The summed E-state index contributed by atoms with van der Waals surface area (Å²) in [5.74, 6) is -4.98. The fourth-order valence-electron chi connectivity index (χ4n) is 4.36. The number of nitrogens with zero attached hydrogens (tertiary/aromatic N) is 6. The van der Waals surface area contributed by atoms with Crippen LogP contribution >= 0.6 is 0 Å². The minimum Gasteiger partial charge on any atom is -0.413 e. The van der Waals surface area contributed by atoms with Crippen LogP contribution in [0.5, 0.6) is 0 Å². The van der Waals surface area contributed by atoms with Crippen LogP contribution in [-0.2, 0) is 44.1 Å². The minimum absolute atomic E-state index is 0.0292. The Morgan fingerprint density at radius 1 is 0.691 bits per heavy atom. The van der Waals surface area contributed by atoms with Gasteiger partial charge in [-0.25, -0.2) is 16.8 Å². The van der Waals surface area contributed by atoms with Gasteiger partial charge in [0.15, 0.2) is 0 Å². The van der Waals surface area contributed by atoms with Gasteiger partial charge in [0.1, 0.15) is 0 Å². The van der Waals surface area contributed by atoms with Gasteiger partial charge in [-0.05, 0) is 59.7 Å². The van der Waals surface area contributed by atoms with E-state index in [0.29, 0.717) is 22.5 Å². The molecule has 55 heavy (non-hydrogen) atoms. The van der Waals surface area contributed by atoms with Crippen molar-refractivity contribution >= 4 is 43.2 Å². The fraction of sp³-hybridized carbons (Fsp3) is 0.188. The number of amides is 2.